The van der Waals surface area contributed by atoms with Crippen molar-refractivity contribution in [1.82, 2.24) is 9.88 Å². The number of nitrogens with zero attached hydrogens (tertiary/aromatic N) is 2. The molecule has 1 aromatic heterocycles. The zero-order valence-electron chi connectivity index (χ0n) is 14.2. The summed E-state index contributed by atoms with van der Waals surface area (Å²) in [4.78, 5) is 30.7. The van der Waals surface area contributed by atoms with Gasteiger partial charge in [-0.2, -0.15) is 0 Å². The number of likely N-dealkylation sites (tertiary alicyclic amines) is 1. The van der Waals surface area contributed by atoms with Crippen LogP contribution in [0.25, 0.3) is 11.3 Å². The second-order valence-corrected chi connectivity index (χ2v) is 7.27. The van der Waals surface area contributed by atoms with Gasteiger partial charge < -0.3 is 10.2 Å². The number of hydrogen-bond donors (Lipinski definition) is 1. The molecular formula is C18H20FN3O2S. The van der Waals surface area contributed by atoms with Gasteiger partial charge in [0.1, 0.15) is 11.9 Å². The number of benzene rings is 1. The molecule has 1 N–H and O–H groups in total. The van der Waals surface area contributed by atoms with Crippen LogP contribution in [0.15, 0.2) is 29.6 Å². The topological polar surface area (TPSA) is 62.3 Å². The van der Waals surface area contributed by atoms with E-state index in [1.807, 2.05) is 19.2 Å². The lowest BCUT2D eigenvalue weighted by Crippen LogP contribution is -2.47. The lowest BCUT2D eigenvalue weighted by Gasteiger charge is -2.29. The van der Waals surface area contributed by atoms with E-state index < -0.39 is 6.04 Å². The predicted octanol–water partition coefficient (Wildman–Crippen LogP) is 3.53. The van der Waals surface area contributed by atoms with Crippen LogP contribution >= 0.6 is 11.3 Å². The van der Waals surface area contributed by atoms with Crippen molar-refractivity contribution in [1.29, 1.82) is 0 Å². The highest BCUT2D eigenvalue weighted by molar-refractivity contribution is 7.14. The third kappa shape index (κ3) is 3.87. The van der Waals surface area contributed by atoms with Crippen molar-refractivity contribution in [3.63, 3.8) is 0 Å². The molecule has 2 amide bonds. The molecular weight excluding hydrogens is 341 g/mol. The second-order valence-electron chi connectivity index (χ2n) is 6.41. The molecule has 1 aliphatic heterocycles. The lowest BCUT2D eigenvalue weighted by atomic mass is 10.0. The van der Waals surface area contributed by atoms with Crippen LogP contribution in [-0.4, -0.2) is 34.3 Å². The van der Waals surface area contributed by atoms with E-state index in [-0.39, 0.29) is 23.5 Å². The highest BCUT2D eigenvalue weighted by Crippen LogP contribution is 2.26. The number of amides is 2. The van der Waals surface area contributed by atoms with Crippen LogP contribution < -0.4 is 5.32 Å². The molecule has 1 atom stereocenters. The molecule has 2 heterocycles. The van der Waals surface area contributed by atoms with Gasteiger partial charge in [0.15, 0.2) is 5.13 Å². The van der Waals surface area contributed by atoms with Crippen molar-refractivity contribution >= 4 is 28.3 Å². The monoisotopic (exact) mass is 361 g/mol. The van der Waals surface area contributed by atoms with Gasteiger partial charge >= 0.3 is 0 Å². The van der Waals surface area contributed by atoms with E-state index in [1.165, 1.54) is 23.5 Å². The van der Waals surface area contributed by atoms with Crippen LogP contribution in [0.4, 0.5) is 9.52 Å². The largest absolute Gasteiger partial charge is 0.330 e. The van der Waals surface area contributed by atoms with E-state index >= 15 is 0 Å². The Balaban J connectivity index is 1.73. The standard InChI is InChI=1S/C18H20FN3O2S/c1-11(2)16(22-9-3-4-15(22)23)17(24)21-18-20-14(10-25-18)12-5-7-13(19)8-6-12/h5-8,10-11,16H,3-4,9H2,1-2H3,(H,20,21,24). The quantitative estimate of drug-likeness (QED) is 0.886. The smallest absolute Gasteiger partial charge is 0.249 e. The van der Waals surface area contributed by atoms with Gasteiger partial charge in [0.2, 0.25) is 11.8 Å². The molecule has 132 valence electrons. The van der Waals surface area contributed by atoms with Gasteiger partial charge in [-0.25, -0.2) is 9.37 Å². The Morgan fingerprint density at radius 2 is 2.04 bits per heavy atom. The molecule has 0 spiro atoms. The molecule has 5 nitrogen and oxygen atoms in total. The Bertz CT molecular complexity index is 773. The van der Waals surface area contributed by atoms with Crippen LogP contribution in [0.5, 0.6) is 0 Å². The summed E-state index contributed by atoms with van der Waals surface area (Å²) < 4.78 is 13.0. The first-order chi connectivity index (χ1) is 12.0. The fraction of sp³-hybridized carbons (Fsp3) is 0.389. The SMILES string of the molecule is CC(C)C(C(=O)Nc1nc(-c2ccc(F)cc2)cs1)N1CCCC1=O. The van der Waals surface area contributed by atoms with E-state index in [0.717, 1.165) is 12.0 Å². The molecule has 1 aliphatic rings. The fourth-order valence-electron chi connectivity index (χ4n) is 3.03. The number of aromatic nitrogens is 1. The Labute approximate surface area is 149 Å². The highest BCUT2D eigenvalue weighted by Gasteiger charge is 2.35. The fourth-order valence-corrected chi connectivity index (χ4v) is 3.75. The molecule has 1 fully saturated rings. The van der Waals surface area contributed by atoms with Gasteiger partial charge in [0.05, 0.1) is 5.69 Å². The third-order valence-corrected chi connectivity index (χ3v) is 4.98. The first kappa shape index (κ1) is 17.5. The predicted molar refractivity (Wildman–Crippen MR) is 95.7 cm³/mol. The van der Waals surface area contributed by atoms with E-state index in [1.54, 1.807) is 17.0 Å². The maximum atomic E-state index is 13.0. The molecule has 7 heteroatoms. The van der Waals surface area contributed by atoms with Crippen molar-refractivity contribution in [3.8, 4) is 11.3 Å². The number of nitrogens with one attached hydrogen (secondary N) is 1. The summed E-state index contributed by atoms with van der Waals surface area (Å²) in [5.74, 6) is -0.480. The average molecular weight is 361 g/mol. The maximum Gasteiger partial charge on any atom is 0.249 e. The zero-order chi connectivity index (χ0) is 18.0. The third-order valence-electron chi connectivity index (χ3n) is 4.22. The normalized spacial score (nSPS) is 15.7. The summed E-state index contributed by atoms with van der Waals surface area (Å²) in [7, 11) is 0. The van der Waals surface area contributed by atoms with Crippen LogP contribution in [-0.2, 0) is 9.59 Å². The Hall–Kier alpha value is -2.28. The summed E-state index contributed by atoms with van der Waals surface area (Å²) >= 11 is 1.31. The Morgan fingerprint density at radius 1 is 1.32 bits per heavy atom. The first-order valence-corrected chi connectivity index (χ1v) is 9.15. The minimum Gasteiger partial charge on any atom is -0.330 e. The minimum atomic E-state index is -0.492. The summed E-state index contributed by atoms with van der Waals surface area (Å²) in [6, 6.07) is 5.56. The summed E-state index contributed by atoms with van der Waals surface area (Å²) in [5.41, 5.74) is 1.46. The number of thiazole rings is 1. The van der Waals surface area contributed by atoms with Crippen molar-refractivity contribution < 1.29 is 14.0 Å². The molecule has 25 heavy (non-hydrogen) atoms. The number of carbonyl (C=O) groups excluding carboxylic acids is 2. The number of anilines is 1. The van der Waals surface area contributed by atoms with Gasteiger partial charge in [0.25, 0.3) is 0 Å². The molecule has 2 aromatic rings. The van der Waals surface area contributed by atoms with Gasteiger partial charge in [0, 0.05) is 23.9 Å². The summed E-state index contributed by atoms with van der Waals surface area (Å²) in [6.07, 6.45) is 1.30. The lowest BCUT2D eigenvalue weighted by molar-refractivity contribution is -0.136. The molecule has 0 saturated carbocycles. The van der Waals surface area contributed by atoms with Gasteiger partial charge in [-0.3, -0.25) is 9.59 Å². The maximum absolute atomic E-state index is 13.0. The first-order valence-electron chi connectivity index (χ1n) is 8.27. The van der Waals surface area contributed by atoms with Gasteiger partial charge in [-0.05, 0) is 36.6 Å². The average Bonchev–Trinajstić information content (AvgIpc) is 3.18. The van der Waals surface area contributed by atoms with Crippen LogP contribution in [0.1, 0.15) is 26.7 Å². The van der Waals surface area contributed by atoms with Crippen molar-refractivity contribution in [2.45, 2.75) is 32.7 Å². The molecule has 0 radical (unpaired) electrons. The minimum absolute atomic E-state index is 0.0126. The van der Waals surface area contributed by atoms with E-state index in [2.05, 4.69) is 10.3 Å². The van der Waals surface area contributed by atoms with Gasteiger partial charge in [-0.1, -0.05) is 13.8 Å². The Morgan fingerprint density at radius 3 is 2.64 bits per heavy atom. The molecule has 1 saturated heterocycles. The number of carbonyl (C=O) groups is 2. The second kappa shape index (κ2) is 7.31. The van der Waals surface area contributed by atoms with Crippen LogP contribution in [0, 0.1) is 11.7 Å². The molecule has 0 bridgehead atoms. The summed E-state index contributed by atoms with van der Waals surface area (Å²) in [5, 5.41) is 5.11. The molecule has 0 aliphatic carbocycles. The number of halogens is 1. The summed E-state index contributed by atoms with van der Waals surface area (Å²) in [6.45, 7) is 4.48. The van der Waals surface area contributed by atoms with Crippen molar-refractivity contribution in [2.75, 3.05) is 11.9 Å². The van der Waals surface area contributed by atoms with Crippen LogP contribution in [0.2, 0.25) is 0 Å². The zero-order valence-corrected chi connectivity index (χ0v) is 15.0. The van der Waals surface area contributed by atoms with E-state index in [4.69, 9.17) is 0 Å². The molecule has 1 unspecified atom stereocenters. The van der Waals surface area contributed by atoms with E-state index in [0.29, 0.717) is 23.8 Å². The highest BCUT2D eigenvalue weighted by atomic mass is 32.1. The van der Waals surface area contributed by atoms with Crippen molar-refractivity contribution in [2.24, 2.45) is 5.92 Å². The van der Waals surface area contributed by atoms with E-state index in [9.17, 15) is 14.0 Å². The van der Waals surface area contributed by atoms with Crippen molar-refractivity contribution in [3.05, 3.63) is 35.5 Å². The Kier molecular flexibility index (Phi) is 5.13. The number of rotatable bonds is 5. The molecule has 1 aromatic carbocycles. The van der Waals surface area contributed by atoms with Gasteiger partial charge in [-0.15, -0.1) is 11.3 Å². The molecule has 3 rings (SSSR count). The van der Waals surface area contributed by atoms with Crippen LogP contribution in [0.3, 0.4) is 0 Å². The number of hydrogen-bond acceptors (Lipinski definition) is 4.